The number of hydrogen-bond acceptors (Lipinski definition) is 5. The third kappa shape index (κ3) is 4.03. The second-order valence-corrected chi connectivity index (χ2v) is 6.24. The fourth-order valence-electron chi connectivity index (χ4n) is 2.28. The summed E-state index contributed by atoms with van der Waals surface area (Å²) in [4.78, 5) is 13.7. The first-order valence-corrected chi connectivity index (χ1v) is 8.02. The topological polar surface area (TPSA) is 60.8 Å². The Bertz CT molecular complexity index is 596. The highest BCUT2D eigenvalue weighted by Gasteiger charge is 2.12. The first kappa shape index (κ1) is 15.9. The maximum atomic E-state index is 10.9. The summed E-state index contributed by atoms with van der Waals surface area (Å²) in [6.07, 6.45) is 2.23. The highest BCUT2D eigenvalue weighted by molar-refractivity contribution is 7.20. The van der Waals surface area contributed by atoms with Crippen LogP contribution in [0.3, 0.4) is 0 Å². The van der Waals surface area contributed by atoms with Gasteiger partial charge in [0.25, 0.3) is 0 Å². The number of anilines is 1. The number of hydrogen-bond donors (Lipinski definition) is 2. The number of carbonyl (C=O) groups excluding carboxylic acids is 1. The Labute approximate surface area is 128 Å². The molecule has 2 aromatic rings. The third-order valence-electron chi connectivity index (χ3n) is 3.43. The molecule has 1 atom stereocenters. The van der Waals surface area contributed by atoms with Crippen LogP contribution >= 0.6 is 11.3 Å². The van der Waals surface area contributed by atoms with Crippen LogP contribution in [0.4, 0.5) is 5.69 Å². The van der Waals surface area contributed by atoms with Gasteiger partial charge in [-0.15, -0.1) is 11.3 Å². The van der Waals surface area contributed by atoms with E-state index in [9.17, 15) is 9.90 Å². The lowest BCUT2D eigenvalue weighted by molar-refractivity contribution is 0.0998. The number of aliphatic hydroxyl groups is 2. The summed E-state index contributed by atoms with van der Waals surface area (Å²) >= 11 is 1.47. The molecule has 0 amide bonds. The highest BCUT2D eigenvalue weighted by atomic mass is 32.1. The van der Waals surface area contributed by atoms with E-state index in [1.807, 2.05) is 24.3 Å². The summed E-state index contributed by atoms with van der Waals surface area (Å²) in [5, 5.41) is 19.8. The van der Waals surface area contributed by atoms with Crippen LogP contribution in [-0.2, 0) is 0 Å². The number of nitrogens with zero attached hydrogens (tertiary/aromatic N) is 1. The zero-order chi connectivity index (χ0) is 15.2. The van der Waals surface area contributed by atoms with Gasteiger partial charge in [-0.25, -0.2) is 0 Å². The van der Waals surface area contributed by atoms with Crippen molar-refractivity contribution in [2.24, 2.45) is 0 Å². The van der Waals surface area contributed by atoms with E-state index in [0.717, 1.165) is 46.3 Å². The minimum atomic E-state index is -0.744. The molecule has 4 nitrogen and oxygen atoms in total. The molecule has 114 valence electrons. The molecule has 1 aromatic carbocycles. The number of benzene rings is 1. The van der Waals surface area contributed by atoms with Crippen LogP contribution in [0, 0.1) is 0 Å². The SMILES string of the molecule is CCCCN(CC(O)CO)c1ccc2cc(C=O)sc2c1. The van der Waals surface area contributed by atoms with Gasteiger partial charge in [-0.3, -0.25) is 4.79 Å². The van der Waals surface area contributed by atoms with E-state index in [4.69, 9.17) is 5.11 Å². The van der Waals surface area contributed by atoms with E-state index in [2.05, 4.69) is 11.8 Å². The molecular formula is C16H21NO3S. The summed E-state index contributed by atoms with van der Waals surface area (Å²) in [5.74, 6) is 0. The van der Waals surface area contributed by atoms with Crippen molar-refractivity contribution < 1.29 is 15.0 Å². The van der Waals surface area contributed by atoms with Crippen LogP contribution in [0.15, 0.2) is 24.3 Å². The number of rotatable bonds is 8. The van der Waals surface area contributed by atoms with Crippen LogP contribution in [-0.4, -0.2) is 42.3 Å². The first-order chi connectivity index (χ1) is 10.2. The van der Waals surface area contributed by atoms with Gasteiger partial charge < -0.3 is 15.1 Å². The van der Waals surface area contributed by atoms with Crippen molar-refractivity contribution in [3.8, 4) is 0 Å². The molecule has 0 fully saturated rings. The Hall–Kier alpha value is -1.43. The predicted molar refractivity (Wildman–Crippen MR) is 87.4 cm³/mol. The molecule has 0 aliphatic heterocycles. The van der Waals surface area contributed by atoms with Crippen LogP contribution in [0.5, 0.6) is 0 Å². The molecular weight excluding hydrogens is 286 g/mol. The van der Waals surface area contributed by atoms with E-state index in [1.54, 1.807) is 0 Å². The maximum absolute atomic E-state index is 10.9. The Balaban J connectivity index is 2.26. The monoisotopic (exact) mass is 307 g/mol. The number of aliphatic hydroxyl groups excluding tert-OH is 2. The molecule has 0 aliphatic rings. The van der Waals surface area contributed by atoms with Crippen molar-refractivity contribution >= 4 is 33.4 Å². The van der Waals surface area contributed by atoms with Crippen LogP contribution in [0.2, 0.25) is 0 Å². The van der Waals surface area contributed by atoms with Crippen molar-refractivity contribution in [3.63, 3.8) is 0 Å². The molecule has 5 heteroatoms. The number of aldehydes is 1. The summed E-state index contributed by atoms with van der Waals surface area (Å²) in [5.41, 5.74) is 1.02. The minimum absolute atomic E-state index is 0.237. The van der Waals surface area contributed by atoms with E-state index >= 15 is 0 Å². The molecule has 0 saturated carbocycles. The lowest BCUT2D eigenvalue weighted by Crippen LogP contribution is -2.35. The Morgan fingerprint density at radius 2 is 2.19 bits per heavy atom. The number of unbranched alkanes of at least 4 members (excludes halogenated alkanes) is 1. The zero-order valence-corrected chi connectivity index (χ0v) is 13.0. The zero-order valence-electron chi connectivity index (χ0n) is 12.2. The van der Waals surface area contributed by atoms with Gasteiger partial charge in [0.2, 0.25) is 0 Å². The van der Waals surface area contributed by atoms with Crippen molar-refractivity contribution in [2.75, 3.05) is 24.6 Å². The van der Waals surface area contributed by atoms with E-state index < -0.39 is 6.10 Å². The van der Waals surface area contributed by atoms with Crippen molar-refractivity contribution in [3.05, 3.63) is 29.1 Å². The largest absolute Gasteiger partial charge is 0.394 e. The average molecular weight is 307 g/mol. The van der Waals surface area contributed by atoms with Crippen LogP contribution < -0.4 is 4.90 Å². The van der Waals surface area contributed by atoms with Gasteiger partial charge in [0.05, 0.1) is 17.6 Å². The lowest BCUT2D eigenvalue weighted by Gasteiger charge is -2.26. The van der Waals surface area contributed by atoms with Crippen LogP contribution in [0.1, 0.15) is 29.4 Å². The van der Waals surface area contributed by atoms with Gasteiger partial charge in [0.15, 0.2) is 6.29 Å². The Kier molecular flexibility index (Phi) is 5.73. The first-order valence-electron chi connectivity index (χ1n) is 7.20. The molecule has 0 bridgehead atoms. The molecule has 1 aromatic heterocycles. The van der Waals surface area contributed by atoms with E-state index in [-0.39, 0.29) is 6.61 Å². The molecule has 21 heavy (non-hydrogen) atoms. The van der Waals surface area contributed by atoms with Gasteiger partial charge in [0, 0.05) is 23.5 Å². The number of fused-ring (bicyclic) bond motifs is 1. The predicted octanol–water partition coefficient (Wildman–Crippen LogP) is 2.67. The van der Waals surface area contributed by atoms with E-state index in [1.165, 1.54) is 11.3 Å². The summed E-state index contributed by atoms with van der Waals surface area (Å²) in [6.45, 7) is 3.14. The second kappa shape index (κ2) is 7.54. The molecule has 0 saturated heterocycles. The number of thiophene rings is 1. The van der Waals surface area contributed by atoms with Gasteiger partial charge in [-0.1, -0.05) is 19.4 Å². The van der Waals surface area contributed by atoms with Crippen molar-refractivity contribution in [2.45, 2.75) is 25.9 Å². The van der Waals surface area contributed by atoms with Gasteiger partial charge in [-0.2, -0.15) is 0 Å². The van der Waals surface area contributed by atoms with E-state index in [0.29, 0.717) is 6.54 Å². The molecule has 1 heterocycles. The molecule has 0 spiro atoms. The standard InChI is InChI=1S/C16H21NO3S/c1-2-3-6-17(9-14(20)10-18)13-5-4-12-7-15(11-19)21-16(12)8-13/h4-5,7-8,11,14,18,20H,2-3,6,9-10H2,1H3. The van der Waals surface area contributed by atoms with Crippen molar-refractivity contribution in [1.29, 1.82) is 0 Å². The molecule has 0 radical (unpaired) electrons. The average Bonchev–Trinajstić information content (AvgIpc) is 2.93. The van der Waals surface area contributed by atoms with Gasteiger partial charge in [0.1, 0.15) is 0 Å². The second-order valence-electron chi connectivity index (χ2n) is 5.12. The Morgan fingerprint density at radius 3 is 2.86 bits per heavy atom. The number of carbonyl (C=O) groups is 1. The molecule has 0 aliphatic carbocycles. The van der Waals surface area contributed by atoms with Gasteiger partial charge >= 0.3 is 0 Å². The smallest absolute Gasteiger partial charge is 0.160 e. The normalized spacial score (nSPS) is 12.5. The quantitative estimate of drug-likeness (QED) is 0.736. The maximum Gasteiger partial charge on any atom is 0.160 e. The van der Waals surface area contributed by atoms with Crippen molar-refractivity contribution in [1.82, 2.24) is 0 Å². The molecule has 2 rings (SSSR count). The lowest BCUT2D eigenvalue weighted by atomic mass is 10.2. The molecule has 2 N–H and O–H groups in total. The summed E-state index contributed by atoms with van der Waals surface area (Å²) < 4.78 is 1.06. The fraction of sp³-hybridized carbons (Fsp3) is 0.438. The summed E-state index contributed by atoms with van der Waals surface area (Å²) in [7, 11) is 0. The van der Waals surface area contributed by atoms with Crippen LogP contribution in [0.25, 0.3) is 10.1 Å². The minimum Gasteiger partial charge on any atom is -0.394 e. The Morgan fingerprint density at radius 1 is 1.38 bits per heavy atom. The fourth-order valence-corrected chi connectivity index (χ4v) is 3.19. The van der Waals surface area contributed by atoms with Gasteiger partial charge in [-0.05, 0) is 30.0 Å². The highest BCUT2D eigenvalue weighted by Crippen LogP contribution is 2.29. The third-order valence-corrected chi connectivity index (χ3v) is 4.45. The molecule has 1 unspecified atom stereocenters. The summed E-state index contributed by atoms with van der Waals surface area (Å²) in [6, 6.07) is 7.93.